The van der Waals surface area contributed by atoms with Gasteiger partial charge in [-0.05, 0) is 24.3 Å². The number of halogens is 1. The van der Waals surface area contributed by atoms with E-state index >= 15 is 0 Å². The van der Waals surface area contributed by atoms with Crippen LogP contribution in [0.2, 0.25) is 0 Å². The highest BCUT2D eigenvalue weighted by Gasteiger charge is 2.11. The zero-order chi connectivity index (χ0) is 17.6. The smallest absolute Gasteiger partial charge is 0.264 e. The van der Waals surface area contributed by atoms with E-state index in [4.69, 9.17) is 9.47 Å². The lowest BCUT2D eigenvalue weighted by atomic mass is 10.2. The Balaban J connectivity index is 1.59. The lowest BCUT2D eigenvalue weighted by molar-refractivity contribution is -0.118. The van der Waals surface area contributed by atoms with Crippen molar-refractivity contribution < 1.29 is 14.3 Å². The summed E-state index contributed by atoms with van der Waals surface area (Å²) in [5, 5.41) is 3.10. The highest BCUT2D eigenvalue weighted by Crippen LogP contribution is 2.26. The van der Waals surface area contributed by atoms with Crippen LogP contribution in [0.15, 0.2) is 53.0 Å². The largest absolute Gasteiger partial charge is 0.493 e. The quantitative estimate of drug-likeness (QED) is 0.653. The number of nitrogens with one attached hydrogen (secondary N) is 1. The summed E-state index contributed by atoms with van der Waals surface area (Å²) in [4.78, 5) is 16.4. The van der Waals surface area contributed by atoms with Crippen LogP contribution in [0.5, 0.6) is 11.5 Å². The Bertz CT molecular complexity index is 868. The normalized spacial score (nSPS) is 10.3. The van der Waals surface area contributed by atoms with Crippen molar-refractivity contribution in [2.75, 3.05) is 19.0 Å². The second-order valence-electron chi connectivity index (χ2n) is 4.92. The Morgan fingerprint density at radius 3 is 2.60 bits per heavy atom. The molecule has 0 aliphatic carbocycles. The summed E-state index contributed by atoms with van der Waals surface area (Å²) >= 11 is 4.51. The fourth-order valence-electron chi connectivity index (χ4n) is 2.03. The summed E-state index contributed by atoms with van der Waals surface area (Å²) in [6, 6.07) is 14.8. The van der Waals surface area contributed by atoms with Gasteiger partial charge in [0, 0.05) is 21.6 Å². The summed E-state index contributed by atoms with van der Waals surface area (Å²) < 4.78 is 15.9. The van der Waals surface area contributed by atoms with Crippen molar-refractivity contribution in [2.45, 2.75) is 0 Å². The number of aromatic nitrogens is 2. The van der Waals surface area contributed by atoms with E-state index in [1.54, 1.807) is 19.2 Å². The predicted molar refractivity (Wildman–Crippen MR) is 100 cm³/mol. The van der Waals surface area contributed by atoms with Crippen molar-refractivity contribution in [3.63, 3.8) is 0 Å². The molecule has 3 rings (SSSR count). The molecule has 3 aromatic rings. The van der Waals surface area contributed by atoms with Crippen molar-refractivity contribution in [2.24, 2.45) is 0 Å². The number of carbonyl (C=O) groups excluding carboxylic acids is 1. The van der Waals surface area contributed by atoms with Gasteiger partial charge in [0.15, 0.2) is 23.9 Å². The molecule has 1 amide bonds. The molecule has 1 aromatic heterocycles. The first-order valence-electron chi connectivity index (χ1n) is 7.31. The minimum Gasteiger partial charge on any atom is -0.493 e. The van der Waals surface area contributed by atoms with Gasteiger partial charge in [0.1, 0.15) is 0 Å². The Morgan fingerprint density at radius 1 is 1.16 bits per heavy atom. The molecule has 1 heterocycles. The molecular formula is C17H14BrN3O3S. The molecule has 8 heteroatoms. The number of benzene rings is 2. The molecule has 0 unspecified atom stereocenters. The molecule has 0 spiro atoms. The Labute approximate surface area is 157 Å². The Morgan fingerprint density at radius 2 is 1.88 bits per heavy atom. The van der Waals surface area contributed by atoms with Crippen LogP contribution >= 0.6 is 27.5 Å². The number of hydrogen-bond acceptors (Lipinski definition) is 6. The van der Waals surface area contributed by atoms with E-state index in [9.17, 15) is 4.79 Å². The average molecular weight is 420 g/mol. The van der Waals surface area contributed by atoms with Crippen molar-refractivity contribution in [3.05, 3.63) is 53.0 Å². The van der Waals surface area contributed by atoms with Gasteiger partial charge in [-0.2, -0.15) is 9.36 Å². The van der Waals surface area contributed by atoms with Gasteiger partial charge in [-0.15, -0.1) is 0 Å². The molecular weight excluding hydrogens is 406 g/mol. The predicted octanol–water partition coefficient (Wildman–Crippen LogP) is 3.99. The van der Waals surface area contributed by atoms with Gasteiger partial charge >= 0.3 is 0 Å². The number of hydrogen-bond donors (Lipinski definition) is 1. The van der Waals surface area contributed by atoms with Crippen LogP contribution in [0.1, 0.15) is 0 Å². The van der Waals surface area contributed by atoms with E-state index < -0.39 is 0 Å². The molecule has 0 saturated heterocycles. The van der Waals surface area contributed by atoms with Gasteiger partial charge in [0.25, 0.3) is 5.91 Å². The third-order valence-corrected chi connectivity index (χ3v) is 4.36. The fraction of sp³-hybridized carbons (Fsp3) is 0.118. The minimum atomic E-state index is -0.315. The van der Waals surface area contributed by atoms with Crippen LogP contribution in [0, 0.1) is 0 Å². The zero-order valence-electron chi connectivity index (χ0n) is 13.2. The van der Waals surface area contributed by atoms with E-state index in [0.717, 1.165) is 21.6 Å². The molecule has 6 nitrogen and oxygen atoms in total. The van der Waals surface area contributed by atoms with E-state index in [0.29, 0.717) is 22.5 Å². The van der Waals surface area contributed by atoms with Crippen LogP contribution in [-0.2, 0) is 4.79 Å². The molecule has 0 aliphatic rings. The summed E-state index contributed by atoms with van der Waals surface area (Å²) in [7, 11) is 1.55. The Kier molecular flexibility index (Phi) is 5.62. The molecule has 0 saturated carbocycles. The average Bonchev–Trinajstić information content (AvgIpc) is 3.09. The number of para-hydroxylation sites is 2. The highest BCUT2D eigenvalue weighted by molar-refractivity contribution is 9.10. The summed E-state index contributed by atoms with van der Waals surface area (Å²) in [5.41, 5.74) is 0.880. The zero-order valence-corrected chi connectivity index (χ0v) is 15.6. The maximum Gasteiger partial charge on any atom is 0.264 e. The van der Waals surface area contributed by atoms with Crippen LogP contribution in [0.3, 0.4) is 0 Å². The van der Waals surface area contributed by atoms with Crippen molar-refractivity contribution >= 4 is 38.5 Å². The lowest BCUT2D eigenvalue weighted by Gasteiger charge is -2.09. The van der Waals surface area contributed by atoms with Gasteiger partial charge in [0.05, 0.1) is 7.11 Å². The molecule has 0 fully saturated rings. The van der Waals surface area contributed by atoms with E-state index in [1.165, 1.54) is 0 Å². The SMILES string of the molecule is COc1ccccc1OCC(=O)Nc1nc(-c2ccc(Br)cc2)ns1. The number of methoxy groups -OCH3 is 1. The number of anilines is 1. The highest BCUT2D eigenvalue weighted by atomic mass is 79.9. The molecule has 128 valence electrons. The fourth-order valence-corrected chi connectivity index (χ4v) is 2.90. The number of ether oxygens (including phenoxy) is 2. The molecule has 0 radical (unpaired) electrons. The molecule has 0 bridgehead atoms. The molecule has 0 atom stereocenters. The first-order valence-corrected chi connectivity index (χ1v) is 8.87. The third kappa shape index (κ3) is 4.55. The summed E-state index contributed by atoms with van der Waals surface area (Å²) in [5.74, 6) is 1.33. The van der Waals surface area contributed by atoms with Gasteiger partial charge < -0.3 is 9.47 Å². The van der Waals surface area contributed by atoms with Gasteiger partial charge in [-0.25, -0.2) is 0 Å². The maximum atomic E-state index is 12.0. The molecule has 0 aliphatic heterocycles. The third-order valence-electron chi connectivity index (χ3n) is 3.20. The van der Waals surface area contributed by atoms with Gasteiger partial charge in [-0.3, -0.25) is 10.1 Å². The summed E-state index contributed by atoms with van der Waals surface area (Å²) in [6.07, 6.45) is 0. The van der Waals surface area contributed by atoms with Crippen LogP contribution in [0.25, 0.3) is 11.4 Å². The monoisotopic (exact) mass is 419 g/mol. The second-order valence-corrected chi connectivity index (χ2v) is 6.59. The minimum absolute atomic E-state index is 0.145. The number of rotatable bonds is 6. The van der Waals surface area contributed by atoms with Crippen LogP contribution in [-0.4, -0.2) is 29.0 Å². The molecule has 25 heavy (non-hydrogen) atoms. The van der Waals surface area contributed by atoms with Crippen molar-refractivity contribution in [1.29, 1.82) is 0 Å². The van der Waals surface area contributed by atoms with Crippen LogP contribution in [0.4, 0.5) is 5.13 Å². The van der Waals surface area contributed by atoms with Crippen molar-refractivity contribution in [1.82, 2.24) is 9.36 Å². The first kappa shape index (κ1) is 17.4. The van der Waals surface area contributed by atoms with E-state index in [-0.39, 0.29) is 12.5 Å². The lowest BCUT2D eigenvalue weighted by Crippen LogP contribution is -2.20. The van der Waals surface area contributed by atoms with Gasteiger partial charge in [0.2, 0.25) is 5.13 Å². The number of nitrogens with zero attached hydrogens (tertiary/aromatic N) is 2. The second kappa shape index (κ2) is 8.09. The molecule has 1 N–H and O–H groups in total. The van der Waals surface area contributed by atoms with E-state index in [2.05, 4.69) is 30.6 Å². The Hall–Kier alpha value is -2.45. The first-order chi connectivity index (χ1) is 12.2. The standard InChI is InChI=1S/C17H14BrN3O3S/c1-23-13-4-2-3-5-14(13)24-10-15(22)19-17-20-16(21-25-17)11-6-8-12(18)9-7-11/h2-9H,10H2,1H3,(H,19,20,21,22). The molecule has 2 aromatic carbocycles. The van der Waals surface area contributed by atoms with E-state index in [1.807, 2.05) is 36.4 Å². The number of amides is 1. The topological polar surface area (TPSA) is 73.3 Å². The van der Waals surface area contributed by atoms with Gasteiger partial charge in [-0.1, -0.05) is 40.2 Å². The summed E-state index contributed by atoms with van der Waals surface area (Å²) in [6.45, 7) is -0.145. The van der Waals surface area contributed by atoms with Crippen molar-refractivity contribution in [3.8, 4) is 22.9 Å². The van der Waals surface area contributed by atoms with Crippen LogP contribution < -0.4 is 14.8 Å². The maximum absolute atomic E-state index is 12.0. The number of carbonyl (C=O) groups is 1.